The molecule has 0 atom stereocenters. The molecule has 12 heteroatoms. The molecule has 2 aliphatic carbocycles. The monoisotopic (exact) mass is 1110 g/mol. The number of hydrogen-bond acceptors (Lipinski definition) is 6. The van der Waals surface area contributed by atoms with Crippen molar-refractivity contribution < 1.29 is 40.6 Å². The molecule has 79 heavy (non-hydrogen) atoms. The highest BCUT2D eigenvalue weighted by Gasteiger charge is 2.42. The van der Waals surface area contributed by atoms with Crippen molar-refractivity contribution in [2.75, 3.05) is 20.8 Å². The lowest BCUT2D eigenvalue weighted by atomic mass is 9.83. The lowest BCUT2D eigenvalue weighted by Gasteiger charge is -2.31. The maximum atomic E-state index is 12.3. The minimum atomic E-state index is -2.31. The topological polar surface area (TPSA) is 66.4 Å². The highest BCUT2D eigenvalue weighted by atomic mass is 19.3. The Hall–Kier alpha value is -5.59. The molecular formula is C67H101F6N3O3. The summed E-state index contributed by atoms with van der Waals surface area (Å²) in [6.07, 6.45) is 13.6. The van der Waals surface area contributed by atoms with Gasteiger partial charge in [0.1, 0.15) is 23.3 Å². The third-order valence-electron chi connectivity index (χ3n) is 11.1. The Morgan fingerprint density at radius 2 is 1.05 bits per heavy atom. The van der Waals surface area contributed by atoms with Crippen molar-refractivity contribution in [3.05, 3.63) is 191 Å². The predicted molar refractivity (Wildman–Crippen MR) is 321 cm³/mol. The van der Waals surface area contributed by atoms with Gasteiger partial charge in [0.15, 0.2) is 0 Å². The number of ether oxygens (including phenoxy) is 3. The van der Waals surface area contributed by atoms with Crippen molar-refractivity contribution in [3.63, 3.8) is 0 Å². The average Bonchev–Trinajstić information content (AvgIpc) is 3.40. The molecule has 2 fully saturated rings. The van der Waals surface area contributed by atoms with E-state index in [1.54, 1.807) is 44.8 Å². The Kier molecular flexibility index (Phi) is 46.4. The van der Waals surface area contributed by atoms with Crippen LogP contribution in [0.5, 0.6) is 5.88 Å². The number of aryl methyl sites for hydroxylation is 5. The van der Waals surface area contributed by atoms with Crippen LogP contribution in [0.15, 0.2) is 134 Å². The van der Waals surface area contributed by atoms with E-state index in [0.717, 1.165) is 41.5 Å². The maximum absolute atomic E-state index is 12.3. The van der Waals surface area contributed by atoms with Gasteiger partial charge in [0.2, 0.25) is 11.8 Å². The van der Waals surface area contributed by atoms with E-state index >= 15 is 0 Å². The molecule has 0 bridgehead atoms. The summed E-state index contributed by atoms with van der Waals surface area (Å²) in [6.45, 7) is 35.7. The van der Waals surface area contributed by atoms with E-state index in [1.807, 2.05) is 83.1 Å². The molecule has 3 aromatic carbocycles. The second-order valence-electron chi connectivity index (χ2n) is 20.9. The Labute approximate surface area is 475 Å². The first-order valence-corrected chi connectivity index (χ1v) is 27.7. The van der Waals surface area contributed by atoms with Gasteiger partial charge in [0.25, 0.3) is 0 Å². The molecule has 0 aliphatic heterocycles. The Morgan fingerprint density at radius 3 is 1.29 bits per heavy atom. The second kappa shape index (κ2) is 47.2. The fourth-order valence-corrected chi connectivity index (χ4v) is 5.46. The number of unbranched alkanes of at least 4 members (excludes halogenated alkanes) is 1. The number of nitrogens with zero attached hydrogens (tertiary/aromatic N) is 3. The Bertz CT molecular complexity index is 2120. The molecule has 0 spiro atoms. The van der Waals surface area contributed by atoms with E-state index in [9.17, 15) is 26.3 Å². The third-order valence-corrected chi connectivity index (χ3v) is 11.1. The number of methoxy groups -OCH3 is 2. The summed E-state index contributed by atoms with van der Waals surface area (Å²) < 4.78 is 87.5. The van der Waals surface area contributed by atoms with Gasteiger partial charge in [-0.25, -0.2) is 31.3 Å². The summed E-state index contributed by atoms with van der Waals surface area (Å²) >= 11 is 0. The molecule has 444 valence electrons. The van der Waals surface area contributed by atoms with Gasteiger partial charge in [-0.1, -0.05) is 153 Å². The molecule has 0 saturated heterocycles. The minimum absolute atomic E-state index is 0.0810. The Morgan fingerprint density at radius 1 is 0.557 bits per heavy atom. The fraction of sp³-hybridized carbons (Fsp3) is 0.507. The van der Waals surface area contributed by atoms with Crippen LogP contribution in [-0.2, 0) is 9.47 Å². The van der Waals surface area contributed by atoms with E-state index < -0.39 is 17.6 Å². The van der Waals surface area contributed by atoms with Crippen LogP contribution in [0.3, 0.4) is 0 Å². The van der Waals surface area contributed by atoms with Crippen LogP contribution in [0.1, 0.15) is 161 Å². The first-order valence-electron chi connectivity index (χ1n) is 27.7. The normalized spacial score (nSPS) is 13.9. The third kappa shape index (κ3) is 50.4. The number of rotatable bonds is 6. The van der Waals surface area contributed by atoms with E-state index in [1.165, 1.54) is 87.2 Å². The van der Waals surface area contributed by atoms with Crippen LogP contribution < -0.4 is 4.74 Å². The van der Waals surface area contributed by atoms with Crippen LogP contribution in [0.4, 0.5) is 26.3 Å². The van der Waals surface area contributed by atoms with Crippen molar-refractivity contribution in [2.24, 2.45) is 17.3 Å². The van der Waals surface area contributed by atoms with Crippen LogP contribution >= 0.6 is 0 Å². The van der Waals surface area contributed by atoms with Crippen molar-refractivity contribution in [2.45, 2.75) is 187 Å². The number of aromatic nitrogens is 3. The molecule has 2 saturated carbocycles. The summed E-state index contributed by atoms with van der Waals surface area (Å²) in [6, 6.07) is 33.2. The molecule has 6 aromatic rings. The van der Waals surface area contributed by atoms with Gasteiger partial charge in [-0.3, -0.25) is 9.97 Å². The molecule has 3 aromatic heterocycles. The zero-order chi connectivity index (χ0) is 60.8. The van der Waals surface area contributed by atoms with E-state index in [2.05, 4.69) is 103 Å². The number of halogens is 6. The molecule has 3 heterocycles. The standard InChI is InChI=1S/C7H6F2.C7H7F.C7H9NO.C7H8.C6H6FN.C6H7N.C6H12O.C6H14O.C6H14.C5H8F2.C4H10/c1-5-6(8)3-2-4-7(5)9;1-6-2-4-7(8)5-3-6;1-6-3-4-7(9-2)8-5-6;1-7-5-3-2-4-6-7;1-5-2-3-6(7)4-8-5;1-6-4-2-3-5-7-6;1-5-3-6(4-5)7-2;1-4-5-7-6(2)3;1-5-6(2,3)4;1-4-2-5(6,7)3-4;1-3-4-2/h2-4H,1H3;2-5H,1H3;3-5H,1-2H3;2-6H,1H3;2-4H,1H3;2-5H,1H3;5-6H,3-4H2,1-2H3;6H,4-5H2,1-3H3;5H2,1-4H3;4H,2-3H2,1H3;3-4H2,1-2H3. The van der Waals surface area contributed by atoms with Gasteiger partial charge in [-0.15, -0.1) is 0 Å². The molecule has 0 radical (unpaired) electrons. The fourth-order valence-electron chi connectivity index (χ4n) is 5.46. The zero-order valence-corrected chi connectivity index (χ0v) is 51.7. The molecule has 6 nitrogen and oxygen atoms in total. The summed E-state index contributed by atoms with van der Waals surface area (Å²) in [5.74, 6) is -1.89. The number of hydrogen-bond donors (Lipinski definition) is 0. The first-order chi connectivity index (χ1) is 37.1. The first kappa shape index (κ1) is 77.6. The van der Waals surface area contributed by atoms with Crippen molar-refractivity contribution in [1.29, 1.82) is 0 Å². The average molecular weight is 1110 g/mol. The summed E-state index contributed by atoms with van der Waals surface area (Å²) in [4.78, 5) is 11.7. The summed E-state index contributed by atoms with van der Waals surface area (Å²) in [7, 11) is 3.40. The minimum Gasteiger partial charge on any atom is -0.481 e. The van der Waals surface area contributed by atoms with Crippen LogP contribution in [-0.4, -0.2) is 53.9 Å². The SMILES string of the molecule is CC1CC(F)(F)C1.CCC(C)(C)C.CCCC.CCCOC(C)C.COC1CC(C)C1.COc1ccc(C)cn1.Cc1c(F)cccc1F.Cc1ccc(F)cc1.Cc1ccc(F)cn1.Cc1ccccc1.Cc1ccccn1. The number of pyridine rings is 3. The number of alkyl halides is 2. The summed E-state index contributed by atoms with van der Waals surface area (Å²) in [5.41, 5.74) is 6.09. The highest BCUT2D eigenvalue weighted by Crippen LogP contribution is 2.41. The maximum Gasteiger partial charge on any atom is 0.248 e. The smallest absolute Gasteiger partial charge is 0.248 e. The van der Waals surface area contributed by atoms with E-state index in [4.69, 9.17) is 14.2 Å². The molecule has 0 N–H and O–H groups in total. The molecule has 0 unspecified atom stereocenters. The lowest BCUT2D eigenvalue weighted by molar-refractivity contribution is -0.104. The van der Waals surface area contributed by atoms with Gasteiger partial charge >= 0.3 is 0 Å². The largest absolute Gasteiger partial charge is 0.481 e. The van der Waals surface area contributed by atoms with Gasteiger partial charge in [-0.05, 0) is 146 Å². The molecule has 8 rings (SSSR count). The van der Waals surface area contributed by atoms with E-state index in [-0.39, 0.29) is 36.0 Å². The van der Waals surface area contributed by atoms with Crippen molar-refractivity contribution >= 4 is 0 Å². The molecular weight excluding hydrogens is 1010 g/mol. The van der Waals surface area contributed by atoms with Crippen molar-refractivity contribution in [1.82, 2.24) is 15.0 Å². The lowest BCUT2D eigenvalue weighted by Crippen LogP contribution is -2.33. The zero-order valence-electron chi connectivity index (χ0n) is 51.7. The molecule has 0 amide bonds. The van der Waals surface area contributed by atoms with Crippen molar-refractivity contribution in [3.8, 4) is 5.88 Å². The Balaban J connectivity index is -0.000000808. The second-order valence-corrected chi connectivity index (χ2v) is 20.9. The van der Waals surface area contributed by atoms with Gasteiger partial charge in [-0.2, -0.15) is 0 Å². The van der Waals surface area contributed by atoms with Gasteiger partial charge < -0.3 is 14.2 Å². The summed E-state index contributed by atoms with van der Waals surface area (Å²) in [5, 5.41) is 0. The quantitative estimate of drug-likeness (QED) is 0.155. The van der Waals surface area contributed by atoms with Gasteiger partial charge in [0.05, 0.1) is 25.5 Å². The molecule has 2 aliphatic rings. The number of benzene rings is 3. The predicted octanol–water partition coefficient (Wildman–Crippen LogP) is 20.3. The highest BCUT2D eigenvalue weighted by molar-refractivity contribution is 5.18. The van der Waals surface area contributed by atoms with E-state index in [0.29, 0.717) is 23.5 Å². The van der Waals surface area contributed by atoms with Gasteiger partial charge in [0, 0.05) is 62.0 Å². The van der Waals surface area contributed by atoms with Crippen LogP contribution in [0.2, 0.25) is 0 Å². The van der Waals surface area contributed by atoms with Crippen LogP contribution in [0, 0.1) is 82.1 Å². The van der Waals surface area contributed by atoms with Crippen LogP contribution in [0.25, 0.3) is 0 Å².